The number of rotatable bonds is 3. The number of anilines is 2. The van der Waals surface area contributed by atoms with E-state index in [4.69, 9.17) is 4.98 Å². The number of carbonyl (C=O) groups excluding carboxylic acids is 1. The summed E-state index contributed by atoms with van der Waals surface area (Å²) in [7, 11) is 0. The Labute approximate surface area is 176 Å². The van der Waals surface area contributed by atoms with Crippen LogP contribution in [0.1, 0.15) is 35.3 Å². The van der Waals surface area contributed by atoms with Gasteiger partial charge in [-0.2, -0.15) is 4.98 Å². The van der Waals surface area contributed by atoms with Crippen LogP contribution < -0.4 is 9.80 Å². The number of hydrogen-bond donors (Lipinski definition) is 0. The Hall–Kier alpha value is -3.09. The molecular weight excluding hydrogens is 376 g/mol. The average molecular weight is 405 g/mol. The lowest BCUT2D eigenvalue weighted by atomic mass is 10.1. The summed E-state index contributed by atoms with van der Waals surface area (Å²) < 4.78 is 2.00. The Morgan fingerprint density at radius 1 is 0.900 bits per heavy atom. The molecule has 0 atom stereocenters. The predicted octanol–water partition coefficient (Wildman–Crippen LogP) is 2.99. The number of amides is 1. The number of nitrogens with zero attached hydrogens (tertiary/aromatic N) is 6. The monoisotopic (exact) mass is 404 g/mol. The fraction of sp³-hybridized carbons (Fsp3) is 0.435. The maximum absolute atomic E-state index is 13.0. The molecule has 0 saturated carbocycles. The first-order valence-corrected chi connectivity index (χ1v) is 10.9. The largest absolute Gasteiger partial charge is 0.353 e. The smallest absolute Gasteiger partial charge is 0.255 e. The van der Waals surface area contributed by atoms with Crippen LogP contribution in [0.4, 0.5) is 11.8 Å². The van der Waals surface area contributed by atoms with Gasteiger partial charge >= 0.3 is 0 Å². The molecule has 0 spiro atoms. The zero-order valence-electron chi connectivity index (χ0n) is 17.5. The van der Waals surface area contributed by atoms with Crippen LogP contribution in [-0.2, 0) is 0 Å². The first kappa shape index (κ1) is 18.9. The number of aryl methyl sites for hydroxylation is 1. The maximum atomic E-state index is 13.0. The molecule has 156 valence electrons. The molecule has 5 rings (SSSR count). The van der Waals surface area contributed by atoms with Crippen molar-refractivity contribution < 1.29 is 4.79 Å². The molecule has 7 heteroatoms. The summed E-state index contributed by atoms with van der Waals surface area (Å²) in [6, 6.07) is 10.0. The lowest BCUT2D eigenvalue weighted by Gasteiger charge is -2.36. The molecule has 3 aromatic heterocycles. The second-order valence-corrected chi connectivity index (χ2v) is 8.26. The SMILES string of the molecule is Cc1cc(N2CCN(C(=O)c3cc4ccccn4c3)CC2)nc(N2CCCCC2)n1. The molecule has 30 heavy (non-hydrogen) atoms. The van der Waals surface area contributed by atoms with Crippen molar-refractivity contribution in [2.45, 2.75) is 26.2 Å². The molecule has 1 amide bonds. The highest BCUT2D eigenvalue weighted by Crippen LogP contribution is 2.22. The molecule has 0 unspecified atom stereocenters. The van der Waals surface area contributed by atoms with Crippen LogP contribution in [0.2, 0.25) is 0 Å². The number of piperidine rings is 1. The van der Waals surface area contributed by atoms with Crippen molar-refractivity contribution in [3.05, 3.63) is 54.0 Å². The zero-order valence-corrected chi connectivity index (χ0v) is 17.5. The van der Waals surface area contributed by atoms with E-state index in [9.17, 15) is 4.79 Å². The molecule has 5 heterocycles. The summed E-state index contributed by atoms with van der Waals surface area (Å²) in [5, 5.41) is 0. The number of aromatic nitrogens is 3. The normalized spacial score (nSPS) is 17.6. The van der Waals surface area contributed by atoms with Crippen molar-refractivity contribution in [2.24, 2.45) is 0 Å². The molecule has 0 N–H and O–H groups in total. The van der Waals surface area contributed by atoms with Crippen molar-refractivity contribution >= 4 is 23.2 Å². The summed E-state index contributed by atoms with van der Waals surface area (Å²) in [5.74, 6) is 1.93. The Kier molecular flexibility index (Phi) is 5.02. The third-order valence-electron chi connectivity index (χ3n) is 6.11. The Morgan fingerprint density at radius 2 is 1.70 bits per heavy atom. The van der Waals surface area contributed by atoms with Crippen LogP contribution in [0.5, 0.6) is 0 Å². The van der Waals surface area contributed by atoms with E-state index in [2.05, 4.69) is 20.9 Å². The molecule has 0 aromatic carbocycles. The second kappa shape index (κ2) is 7.97. The van der Waals surface area contributed by atoms with Crippen LogP contribution in [0, 0.1) is 6.92 Å². The minimum absolute atomic E-state index is 0.103. The molecule has 2 aliphatic heterocycles. The summed E-state index contributed by atoms with van der Waals surface area (Å²) in [5.41, 5.74) is 2.79. The minimum atomic E-state index is 0.103. The summed E-state index contributed by atoms with van der Waals surface area (Å²) >= 11 is 0. The van der Waals surface area contributed by atoms with Crippen LogP contribution in [0.15, 0.2) is 42.7 Å². The number of fused-ring (bicyclic) bond motifs is 1. The average Bonchev–Trinajstić information content (AvgIpc) is 3.23. The molecule has 2 saturated heterocycles. The first-order valence-electron chi connectivity index (χ1n) is 10.9. The predicted molar refractivity (Wildman–Crippen MR) is 118 cm³/mol. The second-order valence-electron chi connectivity index (χ2n) is 8.26. The van der Waals surface area contributed by atoms with Crippen LogP contribution in [0.25, 0.3) is 5.52 Å². The van der Waals surface area contributed by atoms with Gasteiger partial charge in [-0.05, 0) is 44.4 Å². The van der Waals surface area contributed by atoms with Crippen LogP contribution in [-0.4, -0.2) is 64.4 Å². The molecule has 3 aromatic rings. The van der Waals surface area contributed by atoms with Crippen molar-refractivity contribution in [3.63, 3.8) is 0 Å². The van der Waals surface area contributed by atoms with Gasteiger partial charge in [-0.1, -0.05) is 6.07 Å². The summed E-state index contributed by atoms with van der Waals surface area (Å²) in [6.45, 7) is 7.09. The van der Waals surface area contributed by atoms with E-state index >= 15 is 0 Å². The fourth-order valence-electron chi connectivity index (χ4n) is 4.43. The highest BCUT2D eigenvalue weighted by Gasteiger charge is 2.25. The summed E-state index contributed by atoms with van der Waals surface area (Å²) in [4.78, 5) is 29.1. The van der Waals surface area contributed by atoms with E-state index in [1.807, 2.05) is 52.9 Å². The van der Waals surface area contributed by atoms with Gasteiger partial charge in [-0.25, -0.2) is 4.98 Å². The van der Waals surface area contributed by atoms with Crippen LogP contribution in [0.3, 0.4) is 0 Å². The zero-order chi connectivity index (χ0) is 20.5. The van der Waals surface area contributed by atoms with E-state index in [0.29, 0.717) is 13.1 Å². The van der Waals surface area contributed by atoms with Crippen molar-refractivity contribution in [3.8, 4) is 0 Å². The van der Waals surface area contributed by atoms with Crippen molar-refractivity contribution in [2.75, 3.05) is 49.1 Å². The lowest BCUT2D eigenvalue weighted by Crippen LogP contribution is -2.49. The third-order valence-corrected chi connectivity index (χ3v) is 6.11. The molecule has 7 nitrogen and oxygen atoms in total. The number of carbonyl (C=O) groups is 1. The van der Waals surface area contributed by atoms with Crippen LogP contribution >= 0.6 is 0 Å². The number of hydrogen-bond acceptors (Lipinski definition) is 5. The topological polar surface area (TPSA) is 57.0 Å². The molecule has 2 aliphatic rings. The molecule has 2 fully saturated rings. The standard InChI is InChI=1S/C23H28N6O/c1-18-15-21(25-23(24-18)28-8-4-2-5-9-28)26-11-13-27(14-12-26)22(30)19-16-20-7-3-6-10-29(20)17-19/h3,6-7,10,15-17H,2,4-5,8-9,11-14H2,1H3. The van der Waals surface area contributed by atoms with Gasteiger partial charge in [0.2, 0.25) is 5.95 Å². The highest BCUT2D eigenvalue weighted by atomic mass is 16.2. The van der Waals surface area contributed by atoms with E-state index in [-0.39, 0.29) is 5.91 Å². The van der Waals surface area contributed by atoms with Gasteiger partial charge in [0.05, 0.1) is 5.56 Å². The van der Waals surface area contributed by atoms with Gasteiger partial charge in [0.15, 0.2) is 0 Å². The van der Waals surface area contributed by atoms with Crippen molar-refractivity contribution in [1.29, 1.82) is 0 Å². The molecule has 0 radical (unpaired) electrons. The van der Waals surface area contributed by atoms with Gasteiger partial charge < -0.3 is 19.1 Å². The fourth-order valence-corrected chi connectivity index (χ4v) is 4.43. The first-order chi connectivity index (χ1) is 14.7. The van der Waals surface area contributed by atoms with Gasteiger partial charge in [0.25, 0.3) is 5.91 Å². The Morgan fingerprint density at radius 3 is 2.47 bits per heavy atom. The lowest BCUT2D eigenvalue weighted by molar-refractivity contribution is 0.0746. The van der Waals surface area contributed by atoms with Gasteiger partial charge in [0.1, 0.15) is 5.82 Å². The molecular formula is C23H28N6O. The van der Waals surface area contributed by atoms with E-state index < -0.39 is 0 Å². The molecule has 0 aliphatic carbocycles. The summed E-state index contributed by atoms with van der Waals surface area (Å²) in [6.07, 6.45) is 7.61. The third kappa shape index (κ3) is 3.72. The van der Waals surface area contributed by atoms with E-state index in [1.165, 1.54) is 19.3 Å². The highest BCUT2D eigenvalue weighted by molar-refractivity contribution is 5.95. The van der Waals surface area contributed by atoms with Gasteiger partial charge in [-0.3, -0.25) is 4.79 Å². The van der Waals surface area contributed by atoms with Gasteiger partial charge in [-0.15, -0.1) is 0 Å². The quantitative estimate of drug-likeness (QED) is 0.672. The van der Waals surface area contributed by atoms with Crippen molar-refractivity contribution in [1.82, 2.24) is 19.3 Å². The minimum Gasteiger partial charge on any atom is -0.353 e. The number of pyridine rings is 1. The Bertz CT molecular complexity index is 1010. The van der Waals surface area contributed by atoms with E-state index in [0.717, 1.165) is 54.7 Å². The van der Waals surface area contributed by atoms with Gasteiger partial charge in [0, 0.05) is 68.9 Å². The Balaban J connectivity index is 1.27. The molecule has 0 bridgehead atoms. The van der Waals surface area contributed by atoms with E-state index in [1.54, 1.807) is 0 Å². The maximum Gasteiger partial charge on any atom is 0.255 e. The number of piperazine rings is 1.